The third-order valence-corrected chi connectivity index (χ3v) is 3.73. The van der Waals surface area contributed by atoms with E-state index in [-0.39, 0.29) is 18.0 Å². The van der Waals surface area contributed by atoms with E-state index in [2.05, 4.69) is 17.6 Å². The van der Waals surface area contributed by atoms with Crippen molar-refractivity contribution in [3.8, 4) is 0 Å². The highest BCUT2D eigenvalue weighted by atomic mass is 16.4. The van der Waals surface area contributed by atoms with Gasteiger partial charge in [-0.3, -0.25) is 4.79 Å². The fraction of sp³-hybridized carbons (Fsp3) is 0.846. The first-order valence-corrected chi connectivity index (χ1v) is 6.71. The number of amides is 2. The number of rotatable bonds is 7. The lowest BCUT2D eigenvalue weighted by Gasteiger charge is -2.38. The normalized spacial score (nSPS) is 18.6. The predicted molar refractivity (Wildman–Crippen MR) is 69.4 cm³/mol. The number of hydrogen-bond acceptors (Lipinski definition) is 2. The third kappa shape index (κ3) is 4.55. The Morgan fingerprint density at radius 1 is 1.33 bits per heavy atom. The van der Waals surface area contributed by atoms with Crippen molar-refractivity contribution in [1.29, 1.82) is 0 Å². The average Bonchev–Trinajstić information content (AvgIpc) is 2.29. The molecule has 104 valence electrons. The second-order valence-electron chi connectivity index (χ2n) is 5.55. The minimum atomic E-state index is -0.844. The van der Waals surface area contributed by atoms with Gasteiger partial charge in [0.15, 0.2) is 0 Å². The molecule has 18 heavy (non-hydrogen) atoms. The highest BCUT2D eigenvalue weighted by Gasteiger charge is 2.31. The lowest BCUT2D eigenvalue weighted by molar-refractivity contribution is -0.141. The molecule has 1 aliphatic carbocycles. The second-order valence-corrected chi connectivity index (χ2v) is 5.55. The molecule has 3 N–H and O–H groups in total. The van der Waals surface area contributed by atoms with Crippen molar-refractivity contribution in [3.05, 3.63) is 0 Å². The van der Waals surface area contributed by atoms with Crippen LogP contribution in [0.15, 0.2) is 0 Å². The summed E-state index contributed by atoms with van der Waals surface area (Å²) in [5.74, 6) is -1.33. The molecular formula is C13H24N2O3. The molecule has 0 spiro atoms. The van der Waals surface area contributed by atoms with Gasteiger partial charge in [-0.25, -0.2) is 4.79 Å². The van der Waals surface area contributed by atoms with Gasteiger partial charge in [-0.2, -0.15) is 0 Å². The molecule has 2 amide bonds. The number of aliphatic carboxylic acids is 1. The van der Waals surface area contributed by atoms with Gasteiger partial charge in [-0.15, -0.1) is 0 Å². The Morgan fingerprint density at radius 3 is 2.44 bits per heavy atom. The number of carboxylic acids is 1. The SMILES string of the molecule is CCCC(CNC(=O)NCC1(C)CCC1)C(=O)O. The average molecular weight is 256 g/mol. The van der Waals surface area contributed by atoms with E-state index in [1.54, 1.807) is 0 Å². The van der Waals surface area contributed by atoms with Crippen LogP contribution >= 0.6 is 0 Å². The first-order valence-electron chi connectivity index (χ1n) is 6.71. The van der Waals surface area contributed by atoms with Crippen molar-refractivity contribution in [1.82, 2.24) is 10.6 Å². The van der Waals surface area contributed by atoms with Crippen molar-refractivity contribution in [2.24, 2.45) is 11.3 Å². The van der Waals surface area contributed by atoms with Gasteiger partial charge in [0.05, 0.1) is 5.92 Å². The first kappa shape index (κ1) is 14.8. The molecule has 5 heteroatoms. The van der Waals surface area contributed by atoms with Crippen LogP contribution in [0.4, 0.5) is 4.79 Å². The topological polar surface area (TPSA) is 78.4 Å². The summed E-state index contributed by atoms with van der Waals surface area (Å²) in [5, 5.41) is 14.4. The van der Waals surface area contributed by atoms with E-state index in [9.17, 15) is 9.59 Å². The standard InChI is InChI=1S/C13H24N2O3/c1-3-5-10(11(16)17)8-14-12(18)15-9-13(2)6-4-7-13/h10H,3-9H2,1-2H3,(H,16,17)(H2,14,15,18). The summed E-state index contributed by atoms with van der Waals surface area (Å²) in [5.41, 5.74) is 0.243. The molecule has 1 fully saturated rings. The Balaban J connectivity index is 2.20. The van der Waals surface area contributed by atoms with Crippen LogP contribution in [0.3, 0.4) is 0 Å². The van der Waals surface area contributed by atoms with Crippen LogP contribution in [-0.2, 0) is 4.79 Å². The Labute approximate surface area is 108 Å². The molecule has 0 aromatic carbocycles. The molecular weight excluding hydrogens is 232 g/mol. The molecule has 0 aliphatic heterocycles. The van der Waals surface area contributed by atoms with E-state index in [0.717, 1.165) is 19.3 Å². The van der Waals surface area contributed by atoms with Crippen molar-refractivity contribution in [2.75, 3.05) is 13.1 Å². The Bertz CT molecular complexity index is 301. The smallest absolute Gasteiger partial charge is 0.314 e. The molecule has 1 saturated carbocycles. The maximum absolute atomic E-state index is 11.5. The fourth-order valence-electron chi connectivity index (χ4n) is 2.19. The zero-order chi connectivity index (χ0) is 13.6. The van der Waals surface area contributed by atoms with Crippen LogP contribution in [0.1, 0.15) is 46.0 Å². The molecule has 1 aliphatic rings. The van der Waals surface area contributed by atoms with Gasteiger partial charge in [0, 0.05) is 13.1 Å². The summed E-state index contributed by atoms with van der Waals surface area (Å²) in [7, 11) is 0. The monoisotopic (exact) mass is 256 g/mol. The van der Waals surface area contributed by atoms with Crippen LogP contribution in [0.25, 0.3) is 0 Å². The van der Waals surface area contributed by atoms with Gasteiger partial charge in [0.2, 0.25) is 0 Å². The van der Waals surface area contributed by atoms with E-state index in [1.165, 1.54) is 6.42 Å². The van der Waals surface area contributed by atoms with E-state index in [4.69, 9.17) is 5.11 Å². The molecule has 1 atom stereocenters. The number of urea groups is 1. The molecule has 0 bridgehead atoms. The third-order valence-electron chi connectivity index (χ3n) is 3.73. The van der Waals surface area contributed by atoms with Crippen LogP contribution in [0.2, 0.25) is 0 Å². The van der Waals surface area contributed by atoms with Crippen LogP contribution in [-0.4, -0.2) is 30.2 Å². The van der Waals surface area contributed by atoms with E-state index in [1.807, 2.05) is 6.92 Å². The fourth-order valence-corrected chi connectivity index (χ4v) is 2.19. The lowest BCUT2D eigenvalue weighted by atomic mass is 9.70. The maximum atomic E-state index is 11.5. The molecule has 0 aromatic heterocycles. The van der Waals surface area contributed by atoms with E-state index in [0.29, 0.717) is 13.0 Å². The number of carbonyl (C=O) groups is 2. The lowest BCUT2D eigenvalue weighted by Crippen LogP contribution is -2.45. The van der Waals surface area contributed by atoms with Crippen LogP contribution in [0, 0.1) is 11.3 Å². The van der Waals surface area contributed by atoms with Gasteiger partial charge >= 0.3 is 12.0 Å². The van der Waals surface area contributed by atoms with Crippen molar-refractivity contribution in [3.63, 3.8) is 0 Å². The number of carboxylic acid groups (broad SMARTS) is 1. The molecule has 0 aromatic rings. The molecule has 0 heterocycles. The second kappa shape index (κ2) is 6.61. The highest BCUT2D eigenvalue weighted by molar-refractivity contribution is 5.75. The Hall–Kier alpha value is -1.26. The van der Waals surface area contributed by atoms with E-state index >= 15 is 0 Å². The van der Waals surface area contributed by atoms with Crippen molar-refractivity contribution in [2.45, 2.75) is 46.0 Å². The summed E-state index contributed by atoms with van der Waals surface area (Å²) < 4.78 is 0. The van der Waals surface area contributed by atoms with Crippen molar-refractivity contribution >= 4 is 12.0 Å². The quantitative estimate of drug-likeness (QED) is 0.651. The molecule has 0 saturated heterocycles. The summed E-state index contributed by atoms with van der Waals surface area (Å²) in [6.45, 7) is 4.97. The summed E-state index contributed by atoms with van der Waals surface area (Å²) >= 11 is 0. The molecule has 0 radical (unpaired) electrons. The minimum Gasteiger partial charge on any atom is -0.481 e. The van der Waals surface area contributed by atoms with Gasteiger partial charge in [0.1, 0.15) is 0 Å². The zero-order valence-electron chi connectivity index (χ0n) is 11.3. The predicted octanol–water partition coefficient (Wildman–Crippen LogP) is 1.98. The molecule has 5 nitrogen and oxygen atoms in total. The van der Waals surface area contributed by atoms with Crippen LogP contribution < -0.4 is 10.6 Å². The van der Waals surface area contributed by atoms with Gasteiger partial charge in [-0.05, 0) is 24.7 Å². The minimum absolute atomic E-state index is 0.200. The maximum Gasteiger partial charge on any atom is 0.314 e. The summed E-state index contributed by atoms with van der Waals surface area (Å²) in [6, 6.07) is -0.259. The van der Waals surface area contributed by atoms with Gasteiger partial charge in [0.25, 0.3) is 0 Å². The number of nitrogens with one attached hydrogen (secondary N) is 2. The van der Waals surface area contributed by atoms with E-state index < -0.39 is 11.9 Å². The molecule has 1 unspecified atom stereocenters. The van der Waals surface area contributed by atoms with Gasteiger partial charge in [-0.1, -0.05) is 26.7 Å². The first-order chi connectivity index (χ1) is 8.47. The summed E-state index contributed by atoms with van der Waals surface area (Å²) in [4.78, 5) is 22.4. The van der Waals surface area contributed by atoms with Crippen LogP contribution in [0.5, 0.6) is 0 Å². The Kier molecular flexibility index (Phi) is 5.44. The van der Waals surface area contributed by atoms with Gasteiger partial charge < -0.3 is 15.7 Å². The number of hydrogen-bond donors (Lipinski definition) is 3. The molecule has 1 rings (SSSR count). The number of carbonyl (C=O) groups excluding carboxylic acids is 1. The summed E-state index contributed by atoms with van der Waals surface area (Å²) in [6.07, 6.45) is 4.94. The zero-order valence-corrected chi connectivity index (χ0v) is 11.3. The van der Waals surface area contributed by atoms with Crippen molar-refractivity contribution < 1.29 is 14.7 Å². The highest BCUT2D eigenvalue weighted by Crippen LogP contribution is 2.39. The Morgan fingerprint density at radius 2 is 2.00 bits per heavy atom. The largest absolute Gasteiger partial charge is 0.481 e.